The van der Waals surface area contributed by atoms with Crippen molar-refractivity contribution in [2.75, 3.05) is 19.8 Å². The van der Waals surface area contributed by atoms with Crippen LogP contribution in [0.1, 0.15) is 50.3 Å². The van der Waals surface area contributed by atoms with Gasteiger partial charge in [0.2, 0.25) is 0 Å². The summed E-state index contributed by atoms with van der Waals surface area (Å²) in [4.78, 5) is 0. The number of benzene rings is 1. The number of aliphatic hydroxyl groups excluding tert-OH is 1. The van der Waals surface area contributed by atoms with E-state index in [2.05, 4.69) is 38.2 Å². The number of hydrogen-bond acceptors (Lipinski definition) is 3. The molecule has 0 aliphatic heterocycles. The van der Waals surface area contributed by atoms with E-state index in [-0.39, 0.29) is 6.61 Å². The molecule has 0 spiro atoms. The van der Waals surface area contributed by atoms with Gasteiger partial charge in [-0.1, -0.05) is 19.1 Å². The number of aliphatic hydroxyl groups is 1. The quantitative estimate of drug-likeness (QED) is 0.674. The second kappa shape index (κ2) is 8.94. The molecule has 1 aromatic carbocycles. The Morgan fingerprint density at radius 3 is 2.74 bits per heavy atom. The Labute approximate surface area is 117 Å². The first-order valence-electron chi connectivity index (χ1n) is 7.26. The molecule has 1 atom stereocenters. The number of unbranched alkanes of at least 4 members (excludes halogenated alkanes) is 1. The van der Waals surface area contributed by atoms with Gasteiger partial charge in [-0.2, -0.15) is 0 Å². The van der Waals surface area contributed by atoms with Crippen molar-refractivity contribution in [3.05, 3.63) is 29.3 Å². The standard InChI is InChI=1S/C16H27NO2/c1-4-9-17-14(3)15-7-8-16(13(2)12-15)19-11-6-5-10-18/h7-8,12,14,17-18H,4-6,9-11H2,1-3H3. The van der Waals surface area contributed by atoms with E-state index >= 15 is 0 Å². The summed E-state index contributed by atoms with van der Waals surface area (Å²) >= 11 is 0. The Bertz CT molecular complexity index is 366. The van der Waals surface area contributed by atoms with Crippen LogP contribution in [0.5, 0.6) is 5.75 Å². The maximum atomic E-state index is 8.72. The van der Waals surface area contributed by atoms with Crippen LogP contribution in [0.15, 0.2) is 18.2 Å². The van der Waals surface area contributed by atoms with Gasteiger partial charge in [0.15, 0.2) is 0 Å². The van der Waals surface area contributed by atoms with Crippen LogP contribution in [0.25, 0.3) is 0 Å². The van der Waals surface area contributed by atoms with Crippen molar-refractivity contribution in [3.8, 4) is 5.75 Å². The lowest BCUT2D eigenvalue weighted by Crippen LogP contribution is -2.19. The number of nitrogens with one attached hydrogen (secondary N) is 1. The fraction of sp³-hybridized carbons (Fsp3) is 0.625. The van der Waals surface area contributed by atoms with Gasteiger partial charge in [0.1, 0.15) is 5.75 Å². The highest BCUT2D eigenvalue weighted by Gasteiger charge is 2.07. The van der Waals surface area contributed by atoms with E-state index in [4.69, 9.17) is 9.84 Å². The molecule has 1 rings (SSSR count). The molecule has 0 saturated carbocycles. The van der Waals surface area contributed by atoms with E-state index in [1.54, 1.807) is 0 Å². The van der Waals surface area contributed by atoms with Gasteiger partial charge < -0.3 is 15.2 Å². The highest BCUT2D eigenvalue weighted by molar-refractivity contribution is 5.37. The summed E-state index contributed by atoms with van der Waals surface area (Å²) in [6.45, 7) is 8.39. The molecule has 3 heteroatoms. The van der Waals surface area contributed by atoms with Gasteiger partial charge in [-0.05, 0) is 56.8 Å². The van der Waals surface area contributed by atoms with Crippen LogP contribution in [-0.2, 0) is 0 Å². The second-order valence-electron chi connectivity index (χ2n) is 4.98. The zero-order chi connectivity index (χ0) is 14.1. The number of hydrogen-bond donors (Lipinski definition) is 2. The first-order chi connectivity index (χ1) is 9.19. The van der Waals surface area contributed by atoms with Gasteiger partial charge >= 0.3 is 0 Å². The van der Waals surface area contributed by atoms with Crippen LogP contribution in [0.2, 0.25) is 0 Å². The molecule has 0 radical (unpaired) electrons. The highest BCUT2D eigenvalue weighted by atomic mass is 16.5. The van der Waals surface area contributed by atoms with Crippen LogP contribution in [0, 0.1) is 6.92 Å². The fourth-order valence-electron chi connectivity index (χ4n) is 1.98. The maximum Gasteiger partial charge on any atom is 0.122 e. The number of aryl methyl sites for hydroxylation is 1. The minimum atomic E-state index is 0.238. The normalized spacial score (nSPS) is 12.4. The summed E-state index contributed by atoms with van der Waals surface area (Å²) in [5.41, 5.74) is 2.47. The van der Waals surface area contributed by atoms with E-state index < -0.39 is 0 Å². The van der Waals surface area contributed by atoms with Crippen molar-refractivity contribution in [2.24, 2.45) is 0 Å². The van der Waals surface area contributed by atoms with Gasteiger partial charge in [0.25, 0.3) is 0 Å². The molecule has 0 aliphatic carbocycles. The van der Waals surface area contributed by atoms with Crippen molar-refractivity contribution in [1.82, 2.24) is 5.32 Å². The minimum absolute atomic E-state index is 0.238. The maximum absolute atomic E-state index is 8.72. The van der Waals surface area contributed by atoms with Gasteiger partial charge in [0, 0.05) is 12.6 Å². The monoisotopic (exact) mass is 265 g/mol. The van der Waals surface area contributed by atoms with Crippen molar-refractivity contribution in [2.45, 2.75) is 46.1 Å². The molecule has 0 bridgehead atoms. The topological polar surface area (TPSA) is 41.5 Å². The average molecular weight is 265 g/mol. The largest absolute Gasteiger partial charge is 0.493 e. The van der Waals surface area contributed by atoms with Crippen molar-refractivity contribution in [3.63, 3.8) is 0 Å². The molecule has 0 heterocycles. The summed E-state index contributed by atoms with van der Waals surface area (Å²) in [6.07, 6.45) is 2.84. The molecule has 0 aromatic heterocycles. The molecule has 1 aromatic rings. The molecular weight excluding hydrogens is 238 g/mol. The third kappa shape index (κ3) is 5.62. The third-order valence-electron chi connectivity index (χ3n) is 3.21. The predicted molar refractivity (Wildman–Crippen MR) is 79.7 cm³/mol. The summed E-state index contributed by atoms with van der Waals surface area (Å²) in [5, 5.41) is 12.2. The number of rotatable bonds is 9. The van der Waals surface area contributed by atoms with Crippen molar-refractivity contribution in [1.29, 1.82) is 0 Å². The molecule has 108 valence electrons. The Kier molecular flexibility index (Phi) is 7.53. The zero-order valence-corrected chi connectivity index (χ0v) is 12.4. The highest BCUT2D eigenvalue weighted by Crippen LogP contribution is 2.23. The van der Waals surface area contributed by atoms with E-state index in [1.807, 2.05) is 6.07 Å². The van der Waals surface area contributed by atoms with E-state index in [9.17, 15) is 0 Å². The summed E-state index contributed by atoms with van der Waals surface area (Å²) in [6, 6.07) is 6.74. The van der Waals surface area contributed by atoms with Crippen LogP contribution in [0.4, 0.5) is 0 Å². The van der Waals surface area contributed by atoms with Crippen LogP contribution >= 0.6 is 0 Å². The smallest absolute Gasteiger partial charge is 0.122 e. The molecule has 0 aliphatic rings. The fourth-order valence-corrected chi connectivity index (χ4v) is 1.98. The lowest BCUT2D eigenvalue weighted by molar-refractivity contribution is 0.252. The van der Waals surface area contributed by atoms with E-state index in [0.717, 1.165) is 31.6 Å². The van der Waals surface area contributed by atoms with Crippen molar-refractivity contribution < 1.29 is 9.84 Å². The predicted octanol–water partition coefficient (Wildman–Crippen LogP) is 3.21. The minimum Gasteiger partial charge on any atom is -0.493 e. The van der Waals surface area contributed by atoms with Gasteiger partial charge in [-0.3, -0.25) is 0 Å². The zero-order valence-electron chi connectivity index (χ0n) is 12.4. The lowest BCUT2D eigenvalue weighted by atomic mass is 10.0. The summed E-state index contributed by atoms with van der Waals surface area (Å²) < 4.78 is 5.72. The van der Waals surface area contributed by atoms with Gasteiger partial charge in [-0.15, -0.1) is 0 Å². The number of ether oxygens (including phenoxy) is 1. The lowest BCUT2D eigenvalue weighted by Gasteiger charge is -2.16. The summed E-state index contributed by atoms with van der Waals surface area (Å²) in [7, 11) is 0. The Morgan fingerprint density at radius 2 is 2.11 bits per heavy atom. The molecule has 19 heavy (non-hydrogen) atoms. The van der Waals surface area contributed by atoms with Gasteiger partial charge in [0.05, 0.1) is 6.61 Å². The van der Waals surface area contributed by atoms with Crippen LogP contribution in [-0.4, -0.2) is 24.9 Å². The molecule has 0 fully saturated rings. The first kappa shape index (κ1) is 16.0. The average Bonchev–Trinajstić information content (AvgIpc) is 2.42. The van der Waals surface area contributed by atoms with Crippen LogP contribution < -0.4 is 10.1 Å². The molecule has 1 unspecified atom stereocenters. The molecule has 3 nitrogen and oxygen atoms in total. The van der Waals surface area contributed by atoms with Gasteiger partial charge in [-0.25, -0.2) is 0 Å². The Hall–Kier alpha value is -1.06. The third-order valence-corrected chi connectivity index (χ3v) is 3.21. The summed E-state index contributed by atoms with van der Waals surface area (Å²) in [5.74, 6) is 0.949. The van der Waals surface area contributed by atoms with E-state index in [1.165, 1.54) is 11.1 Å². The van der Waals surface area contributed by atoms with E-state index in [0.29, 0.717) is 12.6 Å². The molecule has 0 saturated heterocycles. The van der Waals surface area contributed by atoms with Crippen molar-refractivity contribution >= 4 is 0 Å². The first-order valence-corrected chi connectivity index (χ1v) is 7.26. The molecule has 0 amide bonds. The van der Waals surface area contributed by atoms with Crippen LogP contribution in [0.3, 0.4) is 0 Å². The SMILES string of the molecule is CCCNC(C)c1ccc(OCCCCO)c(C)c1. The Morgan fingerprint density at radius 1 is 1.32 bits per heavy atom. The Balaban J connectivity index is 2.53. The second-order valence-corrected chi connectivity index (χ2v) is 4.98. The molecular formula is C16H27NO2. The molecule has 2 N–H and O–H groups in total.